The van der Waals surface area contributed by atoms with E-state index >= 15 is 0 Å². The summed E-state index contributed by atoms with van der Waals surface area (Å²) in [7, 11) is 0.972. The predicted molar refractivity (Wildman–Crippen MR) is 119 cm³/mol. The van der Waals surface area contributed by atoms with E-state index in [0.717, 1.165) is 40.7 Å². The Balaban J connectivity index is 1.63. The zero-order valence-electron chi connectivity index (χ0n) is 17.5. The molecule has 0 bridgehead atoms. The molecule has 0 saturated heterocycles. The summed E-state index contributed by atoms with van der Waals surface area (Å²) < 4.78 is 23.8. The molecule has 3 aromatic rings. The van der Waals surface area contributed by atoms with Crippen molar-refractivity contribution in [3.63, 3.8) is 0 Å². The Morgan fingerprint density at radius 2 is 1.77 bits per heavy atom. The number of pyridine rings is 1. The van der Waals surface area contributed by atoms with Crippen LogP contribution in [0.5, 0.6) is 0 Å². The van der Waals surface area contributed by atoms with E-state index in [4.69, 9.17) is 0 Å². The molecule has 1 fully saturated rings. The van der Waals surface area contributed by atoms with Crippen molar-refractivity contribution in [3.8, 4) is 11.1 Å². The quantitative estimate of drug-likeness (QED) is 0.670. The van der Waals surface area contributed by atoms with Crippen LogP contribution in [0.15, 0.2) is 47.9 Å². The molecule has 1 aromatic carbocycles. The Kier molecular flexibility index (Phi) is 5.71. The summed E-state index contributed by atoms with van der Waals surface area (Å²) in [5, 5.41) is 4.54. The summed E-state index contributed by atoms with van der Waals surface area (Å²) in [4.78, 5) is 15.5. The van der Waals surface area contributed by atoms with Crippen molar-refractivity contribution in [2.45, 2.75) is 42.7 Å². The fourth-order valence-electron chi connectivity index (χ4n) is 4.06. The molecule has 158 valence electrons. The first-order valence-corrected chi connectivity index (χ1v) is 12.0. The number of nitrogens with zero attached hydrogens (tertiary/aromatic N) is 4. The second-order valence-corrected chi connectivity index (χ2v) is 10.3. The van der Waals surface area contributed by atoms with Gasteiger partial charge in [0.1, 0.15) is 12.1 Å². The lowest BCUT2D eigenvalue weighted by Crippen LogP contribution is -2.36. The van der Waals surface area contributed by atoms with Crippen LogP contribution in [0.2, 0.25) is 0 Å². The van der Waals surface area contributed by atoms with Gasteiger partial charge in [-0.1, -0.05) is 6.07 Å². The van der Waals surface area contributed by atoms with Gasteiger partial charge in [-0.3, -0.25) is 4.98 Å². The smallest absolute Gasteiger partial charge is 0.177 e. The predicted octanol–water partition coefficient (Wildman–Crippen LogP) is 3.38. The van der Waals surface area contributed by atoms with Crippen LogP contribution < -0.4 is 5.32 Å². The van der Waals surface area contributed by atoms with Gasteiger partial charge in [-0.05, 0) is 63.5 Å². The largest absolute Gasteiger partial charge is 0.367 e. The van der Waals surface area contributed by atoms with E-state index in [9.17, 15) is 8.42 Å². The fraction of sp³-hybridized carbons (Fsp3) is 0.409. The van der Waals surface area contributed by atoms with E-state index < -0.39 is 9.84 Å². The summed E-state index contributed by atoms with van der Waals surface area (Å²) >= 11 is 0. The average molecular weight is 426 g/mol. The van der Waals surface area contributed by atoms with E-state index in [0.29, 0.717) is 12.1 Å². The summed E-state index contributed by atoms with van der Waals surface area (Å²) in [5.74, 6) is 0.822. The third-order valence-electron chi connectivity index (χ3n) is 5.88. The molecule has 30 heavy (non-hydrogen) atoms. The van der Waals surface area contributed by atoms with Crippen molar-refractivity contribution < 1.29 is 8.42 Å². The molecule has 0 amide bonds. The maximum absolute atomic E-state index is 11.9. The minimum Gasteiger partial charge on any atom is -0.367 e. The highest BCUT2D eigenvalue weighted by molar-refractivity contribution is 7.90. The van der Waals surface area contributed by atoms with Gasteiger partial charge in [-0.25, -0.2) is 18.4 Å². The number of hydrogen-bond donors (Lipinski definition) is 1. The molecule has 0 atom stereocenters. The number of benzene rings is 1. The Morgan fingerprint density at radius 1 is 1.00 bits per heavy atom. The van der Waals surface area contributed by atoms with Gasteiger partial charge < -0.3 is 10.2 Å². The van der Waals surface area contributed by atoms with E-state index in [-0.39, 0.29) is 4.90 Å². The van der Waals surface area contributed by atoms with Gasteiger partial charge in [0.25, 0.3) is 0 Å². The zero-order chi connectivity index (χ0) is 21.3. The van der Waals surface area contributed by atoms with Crippen molar-refractivity contribution in [1.82, 2.24) is 19.9 Å². The number of hydrogen-bond acceptors (Lipinski definition) is 7. The van der Waals surface area contributed by atoms with Gasteiger partial charge in [-0.15, -0.1) is 0 Å². The standard InChI is InChI=1S/C22H27N5O2S/c1-27(2)18-7-5-17(6-8-18)26-22-20-11-15(4-9-21(20)24-14-25-22)16-10-19(13-23-12-16)30(3,28)29/h4,9-14,17-18H,5-8H2,1-3H3,(H,24,25,26). The topological polar surface area (TPSA) is 88.1 Å². The number of sulfone groups is 1. The monoisotopic (exact) mass is 425 g/mol. The molecule has 8 heteroatoms. The first kappa shape index (κ1) is 20.7. The number of aromatic nitrogens is 3. The Morgan fingerprint density at radius 3 is 2.47 bits per heavy atom. The Bertz CT molecular complexity index is 1160. The average Bonchev–Trinajstić information content (AvgIpc) is 2.73. The molecule has 2 aromatic heterocycles. The van der Waals surface area contributed by atoms with Gasteiger partial charge in [0, 0.05) is 41.7 Å². The van der Waals surface area contributed by atoms with Crippen molar-refractivity contribution in [1.29, 1.82) is 0 Å². The molecule has 0 radical (unpaired) electrons. The van der Waals surface area contributed by atoms with E-state index in [1.54, 1.807) is 18.6 Å². The van der Waals surface area contributed by atoms with Crippen molar-refractivity contribution in [3.05, 3.63) is 43.0 Å². The second-order valence-electron chi connectivity index (χ2n) is 8.25. The molecule has 0 unspecified atom stereocenters. The normalized spacial score (nSPS) is 19.9. The maximum atomic E-state index is 11.9. The van der Waals surface area contributed by atoms with Crippen LogP contribution in [-0.2, 0) is 9.84 Å². The minimum atomic E-state index is -3.32. The van der Waals surface area contributed by atoms with Gasteiger partial charge >= 0.3 is 0 Å². The highest BCUT2D eigenvalue weighted by Crippen LogP contribution is 2.30. The highest BCUT2D eigenvalue weighted by atomic mass is 32.2. The van der Waals surface area contributed by atoms with Crippen LogP contribution in [0.25, 0.3) is 22.0 Å². The Hall–Kier alpha value is -2.58. The van der Waals surface area contributed by atoms with Crippen LogP contribution in [0, 0.1) is 0 Å². The van der Waals surface area contributed by atoms with E-state index in [1.165, 1.54) is 25.3 Å². The maximum Gasteiger partial charge on any atom is 0.177 e. The summed E-state index contributed by atoms with van der Waals surface area (Å²) in [6, 6.07) is 8.57. The SMILES string of the molecule is CN(C)C1CCC(Nc2ncnc3ccc(-c4cncc(S(C)(=O)=O)c4)cc23)CC1. The lowest BCUT2D eigenvalue weighted by molar-refractivity contribution is 0.221. The zero-order valence-corrected chi connectivity index (χ0v) is 18.4. The van der Waals surface area contributed by atoms with Gasteiger partial charge in [-0.2, -0.15) is 0 Å². The second kappa shape index (κ2) is 8.28. The lowest BCUT2D eigenvalue weighted by Gasteiger charge is -2.33. The van der Waals surface area contributed by atoms with E-state index in [2.05, 4.69) is 39.3 Å². The van der Waals surface area contributed by atoms with Crippen LogP contribution in [0.3, 0.4) is 0 Å². The minimum absolute atomic E-state index is 0.209. The molecule has 0 aliphatic heterocycles. The van der Waals surface area contributed by atoms with E-state index in [1.807, 2.05) is 18.2 Å². The molecule has 1 N–H and O–H groups in total. The first-order chi connectivity index (χ1) is 14.3. The molecule has 4 rings (SSSR count). The fourth-order valence-corrected chi connectivity index (χ4v) is 4.65. The third kappa shape index (κ3) is 4.44. The number of rotatable bonds is 5. The summed E-state index contributed by atoms with van der Waals surface area (Å²) in [6.45, 7) is 0. The molecule has 1 saturated carbocycles. The summed E-state index contributed by atoms with van der Waals surface area (Å²) in [6.07, 6.45) is 10.4. The molecule has 7 nitrogen and oxygen atoms in total. The molecule has 2 heterocycles. The van der Waals surface area contributed by atoms with Crippen molar-refractivity contribution in [2.75, 3.05) is 25.7 Å². The molecular formula is C22H27N5O2S. The van der Waals surface area contributed by atoms with Crippen LogP contribution in [0.1, 0.15) is 25.7 Å². The third-order valence-corrected chi connectivity index (χ3v) is 6.96. The van der Waals surface area contributed by atoms with Gasteiger partial charge in [0.15, 0.2) is 9.84 Å². The van der Waals surface area contributed by atoms with Crippen molar-refractivity contribution in [2.24, 2.45) is 0 Å². The van der Waals surface area contributed by atoms with Crippen molar-refractivity contribution >= 4 is 26.6 Å². The molecule has 1 aliphatic carbocycles. The number of nitrogens with one attached hydrogen (secondary N) is 1. The lowest BCUT2D eigenvalue weighted by atomic mass is 9.90. The molecule has 1 aliphatic rings. The van der Waals surface area contributed by atoms with Gasteiger partial charge in [0.2, 0.25) is 0 Å². The van der Waals surface area contributed by atoms with Gasteiger partial charge in [0.05, 0.1) is 10.4 Å². The van der Waals surface area contributed by atoms with Crippen LogP contribution in [0.4, 0.5) is 5.82 Å². The van der Waals surface area contributed by atoms with Crippen LogP contribution in [-0.4, -0.2) is 60.7 Å². The van der Waals surface area contributed by atoms with Crippen LogP contribution >= 0.6 is 0 Å². The molecule has 0 spiro atoms. The molecular weight excluding hydrogens is 398 g/mol. The highest BCUT2D eigenvalue weighted by Gasteiger charge is 2.23. The summed E-state index contributed by atoms with van der Waals surface area (Å²) in [5.41, 5.74) is 2.49. The number of anilines is 1. The Labute approximate surface area is 177 Å². The number of fused-ring (bicyclic) bond motifs is 1. The first-order valence-electron chi connectivity index (χ1n) is 10.1.